The molecule has 134 valence electrons. The first-order chi connectivity index (χ1) is 12.5. The Morgan fingerprint density at radius 3 is 2.65 bits per heavy atom. The number of anilines is 2. The number of thioether (sulfide) groups is 1. The lowest BCUT2D eigenvalue weighted by atomic mass is 10.2. The van der Waals surface area contributed by atoms with Crippen LogP contribution in [0.2, 0.25) is 0 Å². The van der Waals surface area contributed by atoms with Crippen molar-refractivity contribution in [1.29, 1.82) is 0 Å². The van der Waals surface area contributed by atoms with Gasteiger partial charge >= 0.3 is 0 Å². The first kappa shape index (κ1) is 18.4. The van der Waals surface area contributed by atoms with Gasteiger partial charge in [-0.3, -0.25) is 14.9 Å². The fourth-order valence-electron chi connectivity index (χ4n) is 1.94. The fraction of sp³-hybridized carbons (Fsp3) is 0.200. The van der Waals surface area contributed by atoms with E-state index in [1.54, 1.807) is 6.92 Å². The molecule has 2 aromatic heterocycles. The number of aryl methyl sites for hydroxylation is 2. The van der Waals surface area contributed by atoms with Crippen molar-refractivity contribution in [3.05, 3.63) is 40.4 Å². The van der Waals surface area contributed by atoms with E-state index in [0.29, 0.717) is 20.0 Å². The summed E-state index contributed by atoms with van der Waals surface area (Å²) >= 11 is 3.50. The van der Waals surface area contributed by atoms with Crippen LogP contribution in [0.4, 0.5) is 10.8 Å². The molecule has 11 heteroatoms. The zero-order valence-corrected chi connectivity index (χ0v) is 16.3. The number of rotatable bonds is 6. The van der Waals surface area contributed by atoms with Gasteiger partial charge in [-0.1, -0.05) is 45.8 Å². The highest BCUT2D eigenvalue weighted by Gasteiger charge is 2.16. The maximum Gasteiger partial charge on any atom is 0.271 e. The quantitative estimate of drug-likeness (QED) is 0.478. The minimum absolute atomic E-state index is 0.128. The molecule has 0 spiro atoms. The van der Waals surface area contributed by atoms with E-state index in [9.17, 15) is 9.59 Å². The van der Waals surface area contributed by atoms with E-state index >= 15 is 0 Å². The topological polar surface area (TPSA) is 110 Å². The van der Waals surface area contributed by atoms with E-state index in [-0.39, 0.29) is 17.6 Å². The summed E-state index contributed by atoms with van der Waals surface area (Å²) in [5.74, 6) is -0.242. The molecule has 0 unspecified atom stereocenters. The first-order valence-corrected chi connectivity index (χ1v) is 10.0. The van der Waals surface area contributed by atoms with Gasteiger partial charge < -0.3 is 5.32 Å². The molecule has 2 heterocycles. The molecule has 26 heavy (non-hydrogen) atoms. The Balaban J connectivity index is 1.52. The van der Waals surface area contributed by atoms with E-state index in [1.807, 2.05) is 31.2 Å². The predicted molar refractivity (Wildman–Crippen MR) is 103 cm³/mol. The van der Waals surface area contributed by atoms with Crippen molar-refractivity contribution in [2.24, 2.45) is 0 Å². The molecule has 0 radical (unpaired) electrons. The lowest BCUT2D eigenvalue weighted by molar-refractivity contribution is -0.113. The van der Waals surface area contributed by atoms with Crippen LogP contribution >= 0.6 is 34.6 Å². The smallest absolute Gasteiger partial charge is 0.271 e. The molecule has 2 amide bonds. The highest BCUT2D eigenvalue weighted by atomic mass is 32.2. The molecule has 3 rings (SSSR count). The lowest BCUT2D eigenvalue weighted by Gasteiger charge is -2.06. The second-order valence-corrected chi connectivity index (χ2v) is 8.12. The van der Waals surface area contributed by atoms with Crippen LogP contribution in [0.25, 0.3) is 0 Å². The highest BCUT2D eigenvalue weighted by molar-refractivity contribution is 8.01. The highest BCUT2D eigenvalue weighted by Crippen LogP contribution is 2.26. The molecule has 1 aromatic carbocycles. The number of carbonyl (C=O) groups is 2. The predicted octanol–water partition coefficient (Wildman–Crippen LogP) is 2.99. The number of hydrogen-bond donors (Lipinski definition) is 2. The third-order valence-corrected chi connectivity index (χ3v) is 6.03. The number of para-hydroxylation sites is 1. The molecule has 0 aliphatic carbocycles. The van der Waals surface area contributed by atoms with Crippen molar-refractivity contribution in [1.82, 2.24) is 19.8 Å². The van der Waals surface area contributed by atoms with Gasteiger partial charge in [-0.25, -0.2) is 0 Å². The second-order valence-electron chi connectivity index (χ2n) is 5.17. The Kier molecular flexibility index (Phi) is 5.91. The van der Waals surface area contributed by atoms with Gasteiger partial charge in [0.25, 0.3) is 5.91 Å². The summed E-state index contributed by atoms with van der Waals surface area (Å²) in [7, 11) is 0. The molecule has 0 atom stereocenters. The molecular formula is C15H14N6O2S3. The summed E-state index contributed by atoms with van der Waals surface area (Å²) in [5.41, 5.74) is 2.36. The van der Waals surface area contributed by atoms with Gasteiger partial charge in [0.05, 0.1) is 11.4 Å². The average molecular weight is 407 g/mol. The second kappa shape index (κ2) is 8.34. The lowest BCUT2D eigenvalue weighted by Crippen LogP contribution is -2.14. The van der Waals surface area contributed by atoms with Gasteiger partial charge in [-0.2, -0.15) is 0 Å². The van der Waals surface area contributed by atoms with Crippen molar-refractivity contribution < 1.29 is 9.59 Å². The number of benzene rings is 1. The Morgan fingerprint density at radius 2 is 1.92 bits per heavy atom. The fourth-order valence-corrected chi connectivity index (χ4v) is 4.04. The Bertz CT molecular complexity index is 939. The van der Waals surface area contributed by atoms with Crippen molar-refractivity contribution in [2.45, 2.75) is 18.2 Å². The van der Waals surface area contributed by atoms with E-state index in [1.165, 1.54) is 23.1 Å². The van der Waals surface area contributed by atoms with Gasteiger partial charge in [0, 0.05) is 5.69 Å². The van der Waals surface area contributed by atoms with Crippen LogP contribution in [0, 0.1) is 13.8 Å². The minimum atomic E-state index is -0.317. The molecule has 0 saturated heterocycles. The van der Waals surface area contributed by atoms with E-state index in [2.05, 4.69) is 30.4 Å². The van der Waals surface area contributed by atoms with Crippen LogP contribution in [0.15, 0.2) is 28.6 Å². The molecule has 0 saturated carbocycles. The van der Waals surface area contributed by atoms with Gasteiger partial charge in [0.1, 0.15) is 4.88 Å². The van der Waals surface area contributed by atoms with E-state index < -0.39 is 0 Å². The third kappa shape index (κ3) is 4.62. The molecule has 8 nitrogen and oxygen atoms in total. The summed E-state index contributed by atoms with van der Waals surface area (Å²) in [6.07, 6.45) is 0. The molecule has 0 bridgehead atoms. The molecule has 0 aliphatic rings. The van der Waals surface area contributed by atoms with Gasteiger partial charge in [0.15, 0.2) is 4.34 Å². The molecule has 3 aromatic rings. The molecule has 0 aliphatic heterocycles. The number of nitrogens with one attached hydrogen (secondary N) is 2. The number of nitrogens with zero attached hydrogens (tertiary/aromatic N) is 4. The van der Waals surface area contributed by atoms with E-state index in [4.69, 9.17) is 0 Å². The Hall–Kier alpha value is -2.37. The van der Waals surface area contributed by atoms with Gasteiger partial charge in [-0.05, 0) is 37.0 Å². The van der Waals surface area contributed by atoms with Crippen LogP contribution in [0.5, 0.6) is 0 Å². The van der Waals surface area contributed by atoms with Crippen LogP contribution in [0.3, 0.4) is 0 Å². The molecule has 0 fully saturated rings. The van der Waals surface area contributed by atoms with Crippen LogP contribution in [0.1, 0.15) is 20.9 Å². The first-order valence-electron chi connectivity index (χ1n) is 7.45. The Morgan fingerprint density at radius 1 is 1.12 bits per heavy atom. The third-order valence-electron chi connectivity index (χ3n) is 3.23. The maximum atomic E-state index is 12.1. The van der Waals surface area contributed by atoms with Gasteiger partial charge in [-0.15, -0.1) is 15.3 Å². The van der Waals surface area contributed by atoms with Gasteiger partial charge in [0.2, 0.25) is 11.0 Å². The SMILES string of the molecule is Cc1ccccc1NC(=O)CSc1nnc(NC(=O)c2snnc2C)s1. The molecule has 2 N–H and O–H groups in total. The number of aromatic nitrogens is 4. The van der Waals surface area contributed by atoms with Crippen LogP contribution in [-0.4, -0.2) is 37.4 Å². The van der Waals surface area contributed by atoms with Crippen molar-refractivity contribution in [2.75, 3.05) is 16.4 Å². The standard InChI is InChI=1S/C15H14N6O2S3/c1-8-5-3-4-6-10(8)16-11(22)7-24-15-20-19-14(25-15)17-13(23)12-9(2)18-21-26-12/h3-6H,7H2,1-2H3,(H,16,22)(H,17,19,23). The minimum Gasteiger partial charge on any atom is -0.325 e. The summed E-state index contributed by atoms with van der Waals surface area (Å²) in [5, 5.41) is 17.6. The summed E-state index contributed by atoms with van der Waals surface area (Å²) in [6.45, 7) is 3.65. The van der Waals surface area contributed by atoms with E-state index in [0.717, 1.165) is 22.8 Å². The zero-order valence-electron chi connectivity index (χ0n) is 13.8. The number of amides is 2. The largest absolute Gasteiger partial charge is 0.325 e. The van der Waals surface area contributed by atoms with Crippen molar-refractivity contribution >= 4 is 57.3 Å². The van der Waals surface area contributed by atoms with Crippen LogP contribution in [-0.2, 0) is 4.79 Å². The number of hydrogen-bond acceptors (Lipinski definition) is 9. The average Bonchev–Trinajstić information content (AvgIpc) is 3.24. The molecular weight excluding hydrogens is 392 g/mol. The summed E-state index contributed by atoms with van der Waals surface area (Å²) in [6, 6.07) is 7.58. The zero-order chi connectivity index (χ0) is 18.5. The van der Waals surface area contributed by atoms with Crippen molar-refractivity contribution in [3.8, 4) is 0 Å². The number of carbonyl (C=O) groups excluding carboxylic acids is 2. The summed E-state index contributed by atoms with van der Waals surface area (Å²) < 4.78 is 4.33. The van der Waals surface area contributed by atoms with Crippen LogP contribution < -0.4 is 10.6 Å². The Labute approximate surface area is 161 Å². The van der Waals surface area contributed by atoms with Crippen molar-refractivity contribution in [3.63, 3.8) is 0 Å². The monoisotopic (exact) mass is 406 g/mol. The summed E-state index contributed by atoms with van der Waals surface area (Å²) in [4.78, 5) is 24.6. The maximum absolute atomic E-state index is 12.1. The normalized spacial score (nSPS) is 10.5.